The number of hydrogen-bond donors (Lipinski definition) is 2. The maximum atomic E-state index is 12.6. The summed E-state index contributed by atoms with van der Waals surface area (Å²) in [6.07, 6.45) is -2.20. The van der Waals surface area contributed by atoms with E-state index in [0.29, 0.717) is 55.7 Å². The van der Waals surface area contributed by atoms with Crippen LogP contribution >= 0.6 is 11.6 Å². The second-order valence-corrected chi connectivity index (χ2v) is 7.31. The van der Waals surface area contributed by atoms with E-state index in [1.54, 1.807) is 24.3 Å². The molecule has 0 bridgehead atoms. The van der Waals surface area contributed by atoms with Crippen molar-refractivity contribution in [2.75, 3.05) is 31.1 Å². The first kappa shape index (κ1) is 22.0. The highest BCUT2D eigenvalue weighted by molar-refractivity contribution is 6.30. The second-order valence-electron chi connectivity index (χ2n) is 6.87. The molecule has 1 aliphatic rings. The summed E-state index contributed by atoms with van der Waals surface area (Å²) in [5.41, 5.74) is -0.765. The molecule has 2 amide bonds. The van der Waals surface area contributed by atoms with Crippen molar-refractivity contribution in [1.29, 1.82) is 0 Å². The Hall–Kier alpha value is -2.68. The number of carbonyl (C=O) groups is 1. The number of ether oxygens (including phenoxy) is 1. The number of halogens is 4. The van der Waals surface area contributed by atoms with Crippen molar-refractivity contribution in [2.45, 2.75) is 25.1 Å². The van der Waals surface area contributed by atoms with Gasteiger partial charge in [0.15, 0.2) is 0 Å². The Balaban J connectivity index is 1.35. The summed E-state index contributed by atoms with van der Waals surface area (Å²) < 4.78 is 43.4. The number of rotatable bonds is 6. The lowest BCUT2D eigenvalue weighted by Gasteiger charge is -2.33. The van der Waals surface area contributed by atoms with Gasteiger partial charge in [-0.1, -0.05) is 17.7 Å². The maximum Gasteiger partial charge on any atom is 0.417 e. The number of amides is 2. The molecule has 0 spiro atoms. The predicted molar refractivity (Wildman–Crippen MR) is 108 cm³/mol. The topological polar surface area (TPSA) is 66.5 Å². The van der Waals surface area contributed by atoms with Gasteiger partial charge < -0.3 is 20.3 Å². The third-order valence-electron chi connectivity index (χ3n) is 4.68. The molecule has 0 radical (unpaired) electrons. The summed E-state index contributed by atoms with van der Waals surface area (Å²) in [6.45, 7) is 1.85. The fourth-order valence-corrected chi connectivity index (χ4v) is 3.30. The zero-order valence-electron chi connectivity index (χ0n) is 16.1. The van der Waals surface area contributed by atoms with Crippen molar-refractivity contribution < 1.29 is 22.7 Å². The third-order valence-corrected chi connectivity index (χ3v) is 4.92. The molecule has 1 fully saturated rings. The summed E-state index contributed by atoms with van der Waals surface area (Å²) in [5.74, 6) is 1.14. The van der Waals surface area contributed by atoms with E-state index in [1.165, 1.54) is 6.07 Å². The number of benzene rings is 1. The highest BCUT2D eigenvalue weighted by atomic mass is 35.5. The highest BCUT2D eigenvalue weighted by Crippen LogP contribution is 2.29. The molecule has 1 aromatic heterocycles. The number of nitrogens with zero attached hydrogens (tertiary/aromatic N) is 2. The minimum Gasteiger partial charge on any atom is -0.492 e. The van der Waals surface area contributed by atoms with Gasteiger partial charge in [0.1, 0.15) is 18.2 Å². The van der Waals surface area contributed by atoms with Crippen molar-refractivity contribution in [2.24, 2.45) is 0 Å². The molecule has 3 rings (SSSR count). The van der Waals surface area contributed by atoms with Gasteiger partial charge in [-0.2, -0.15) is 13.2 Å². The molecule has 0 atom stereocenters. The first-order valence-corrected chi connectivity index (χ1v) is 9.90. The molecular formula is C20H22ClF3N4O2. The number of piperidine rings is 1. The van der Waals surface area contributed by atoms with Gasteiger partial charge in [0.05, 0.1) is 12.1 Å². The minimum atomic E-state index is -4.39. The molecule has 1 aromatic carbocycles. The van der Waals surface area contributed by atoms with E-state index in [4.69, 9.17) is 16.3 Å². The molecule has 2 N–H and O–H groups in total. The molecule has 6 nitrogen and oxygen atoms in total. The first-order chi connectivity index (χ1) is 14.3. The summed E-state index contributed by atoms with van der Waals surface area (Å²) in [6, 6.07) is 9.13. The van der Waals surface area contributed by atoms with Gasteiger partial charge in [-0.25, -0.2) is 9.78 Å². The van der Waals surface area contributed by atoms with Gasteiger partial charge in [0.25, 0.3) is 0 Å². The van der Waals surface area contributed by atoms with Crippen LogP contribution in [0.3, 0.4) is 0 Å². The Morgan fingerprint density at radius 3 is 2.63 bits per heavy atom. The van der Waals surface area contributed by atoms with Crippen LogP contribution in [0, 0.1) is 0 Å². The minimum absolute atomic E-state index is 0.00968. The number of pyridine rings is 1. The molecule has 0 saturated carbocycles. The Morgan fingerprint density at radius 1 is 1.23 bits per heavy atom. The standard InChI is InChI=1S/C20H22ClF3N4O2/c21-15-2-1-3-17(12-15)30-11-8-25-19(29)27-16-6-9-28(10-7-16)18-5-4-14(13-26-18)20(22,23)24/h1-5,12-13,16H,6-11H2,(H2,25,27,29). The number of carbonyl (C=O) groups excluding carboxylic acids is 1. The van der Waals surface area contributed by atoms with E-state index in [2.05, 4.69) is 15.6 Å². The molecule has 162 valence electrons. The average Bonchev–Trinajstić information content (AvgIpc) is 2.71. The molecule has 0 unspecified atom stereocenters. The van der Waals surface area contributed by atoms with Gasteiger partial charge in [-0.05, 0) is 43.2 Å². The van der Waals surface area contributed by atoms with Gasteiger partial charge >= 0.3 is 12.2 Å². The van der Waals surface area contributed by atoms with E-state index >= 15 is 0 Å². The molecular weight excluding hydrogens is 421 g/mol. The predicted octanol–water partition coefficient (Wildman–Crippen LogP) is 4.10. The SMILES string of the molecule is O=C(NCCOc1cccc(Cl)c1)NC1CCN(c2ccc(C(F)(F)F)cn2)CC1. The molecule has 2 heterocycles. The van der Waals surface area contributed by atoms with E-state index in [-0.39, 0.29) is 12.1 Å². The third kappa shape index (κ3) is 6.41. The van der Waals surface area contributed by atoms with Crippen molar-refractivity contribution in [3.05, 3.63) is 53.2 Å². The van der Waals surface area contributed by atoms with Crippen molar-refractivity contribution in [3.63, 3.8) is 0 Å². The number of alkyl halides is 3. The summed E-state index contributed by atoms with van der Waals surface area (Å²) in [7, 11) is 0. The normalized spacial score (nSPS) is 15.0. The highest BCUT2D eigenvalue weighted by Gasteiger charge is 2.31. The van der Waals surface area contributed by atoms with Crippen molar-refractivity contribution in [1.82, 2.24) is 15.6 Å². The Labute approximate surface area is 177 Å². The fraction of sp³-hybridized carbons (Fsp3) is 0.400. The van der Waals surface area contributed by atoms with Crippen LogP contribution in [0.15, 0.2) is 42.6 Å². The lowest BCUT2D eigenvalue weighted by Crippen LogP contribution is -2.48. The van der Waals surface area contributed by atoms with E-state index in [0.717, 1.165) is 12.3 Å². The lowest BCUT2D eigenvalue weighted by atomic mass is 10.1. The maximum absolute atomic E-state index is 12.6. The average molecular weight is 443 g/mol. The van der Waals surface area contributed by atoms with Gasteiger partial charge in [0.2, 0.25) is 0 Å². The smallest absolute Gasteiger partial charge is 0.417 e. The van der Waals surface area contributed by atoms with E-state index in [1.807, 2.05) is 4.90 Å². The van der Waals surface area contributed by atoms with Gasteiger partial charge in [-0.15, -0.1) is 0 Å². The second kappa shape index (κ2) is 9.88. The van der Waals surface area contributed by atoms with Crippen LogP contribution < -0.4 is 20.3 Å². The number of urea groups is 1. The Morgan fingerprint density at radius 2 is 2.00 bits per heavy atom. The number of hydrogen-bond acceptors (Lipinski definition) is 4. The van der Waals surface area contributed by atoms with Crippen LogP contribution in [-0.4, -0.2) is 43.3 Å². The molecule has 30 heavy (non-hydrogen) atoms. The van der Waals surface area contributed by atoms with Crippen LogP contribution in [0.1, 0.15) is 18.4 Å². The molecule has 10 heteroatoms. The fourth-order valence-electron chi connectivity index (χ4n) is 3.12. The van der Waals surface area contributed by atoms with Crippen LogP contribution in [0.25, 0.3) is 0 Å². The van der Waals surface area contributed by atoms with E-state index < -0.39 is 11.7 Å². The Bertz CT molecular complexity index is 841. The summed E-state index contributed by atoms with van der Waals surface area (Å²) >= 11 is 5.88. The van der Waals surface area contributed by atoms with E-state index in [9.17, 15) is 18.0 Å². The largest absolute Gasteiger partial charge is 0.492 e. The summed E-state index contributed by atoms with van der Waals surface area (Å²) in [5, 5.41) is 6.22. The number of aromatic nitrogens is 1. The zero-order valence-corrected chi connectivity index (χ0v) is 16.8. The molecule has 1 aliphatic heterocycles. The van der Waals surface area contributed by atoms with Crippen LogP contribution in [0.5, 0.6) is 5.75 Å². The monoisotopic (exact) mass is 442 g/mol. The van der Waals surface area contributed by atoms with Crippen LogP contribution in [0.4, 0.5) is 23.8 Å². The Kier molecular flexibility index (Phi) is 7.25. The number of nitrogens with one attached hydrogen (secondary N) is 2. The molecule has 1 saturated heterocycles. The van der Waals surface area contributed by atoms with Crippen molar-refractivity contribution >= 4 is 23.4 Å². The van der Waals surface area contributed by atoms with Crippen LogP contribution in [-0.2, 0) is 6.18 Å². The quantitative estimate of drug-likeness (QED) is 0.661. The molecule has 2 aromatic rings. The van der Waals surface area contributed by atoms with Crippen molar-refractivity contribution in [3.8, 4) is 5.75 Å². The van der Waals surface area contributed by atoms with Crippen LogP contribution in [0.2, 0.25) is 5.02 Å². The first-order valence-electron chi connectivity index (χ1n) is 9.52. The van der Waals surface area contributed by atoms with Gasteiger partial charge in [-0.3, -0.25) is 0 Å². The van der Waals surface area contributed by atoms with Gasteiger partial charge in [0, 0.05) is 30.4 Å². The zero-order chi connectivity index (χ0) is 21.6. The number of anilines is 1. The molecule has 0 aliphatic carbocycles. The lowest BCUT2D eigenvalue weighted by molar-refractivity contribution is -0.137. The summed E-state index contributed by atoms with van der Waals surface area (Å²) in [4.78, 5) is 17.9.